The second-order valence-electron chi connectivity index (χ2n) is 3.36. The van der Waals surface area contributed by atoms with Gasteiger partial charge in [0.05, 0.1) is 0 Å². The molecule has 2 heteroatoms. The van der Waals surface area contributed by atoms with E-state index in [0.29, 0.717) is 12.2 Å². The molecule has 0 bridgehead atoms. The first-order valence-corrected chi connectivity index (χ1v) is 5.20. The molecule has 0 saturated heterocycles. The summed E-state index contributed by atoms with van der Waals surface area (Å²) in [5.41, 5.74) is 0. The fourth-order valence-corrected chi connectivity index (χ4v) is 1.27. The van der Waals surface area contributed by atoms with Crippen molar-refractivity contribution in [3.05, 3.63) is 30.3 Å². The van der Waals surface area contributed by atoms with Crippen molar-refractivity contribution in [2.75, 3.05) is 0 Å². The van der Waals surface area contributed by atoms with Gasteiger partial charge in [-0.15, -0.1) is 0 Å². The van der Waals surface area contributed by atoms with Crippen LogP contribution in [0.25, 0.3) is 0 Å². The molecule has 0 aliphatic rings. The summed E-state index contributed by atoms with van der Waals surface area (Å²) >= 11 is 0. The summed E-state index contributed by atoms with van der Waals surface area (Å²) in [6, 6.07) is 9.27. The molecule has 0 spiro atoms. The van der Waals surface area contributed by atoms with Crippen molar-refractivity contribution >= 4 is 0 Å². The van der Waals surface area contributed by atoms with Gasteiger partial charge in [0.25, 0.3) is 0 Å². The van der Waals surface area contributed by atoms with Crippen molar-refractivity contribution in [1.29, 1.82) is 0 Å². The van der Waals surface area contributed by atoms with Crippen LogP contribution in [0.4, 0.5) is 0 Å². The third kappa shape index (κ3) is 4.28. The van der Waals surface area contributed by atoms with E-state index in [2.05, 4.69) is 6.92 Å². The van der Waals surface area contributed by atoms with E-state index in [9.17, 15) is 5.11 Å². The lowest BCUT2D eigenvalue weighted by molar-refractivity contribution is -0.0766. The van der Waals surface area contributed by atoms with Crippen LogP contribution >= 0.6 is 0 Å². The minimum absolute atomic E-state index is 0.600. The molecule has 0 saturated carbocycles. The van der Waals surface area contributed by atoms with Gasteiger partial charge in [0.15, 0.2) is 0 Å². The molecule has 0 N–H and O–H groups in total. The Morgan fingerprint density at radius 2 is 1.93 bits per heavy atom. The molecule has 1 radical (unpaired) electrons. The van der Waals surface area contributed by atoms with Crippen molar-refractivity contribution in [3.63, 3.8) is 0 Å². The van der Waals surface area contributed by atoms with E-state index in [1.807, 2.05) is 30.3 Å². The molecule has 0 aromatic heterocycles. The van der Waals surface area contributed by atoms with Crippen molar-refractivity contribution in [2.24, 2.45) is 0 Å². The molecule has 1 aromatic carbocycles. The number of benzene rings is 1. The van der Waals surface area contributed by atoms with Crippen LogP contribution in [-0.4, -0.2) is 6.29 Å². The summed E-state index contributed by atoms with van der Waals surface area (Å²) in [5, 5.41) is 11.3. The highest BCUT2D eigenvalue weighted by atomic mass is 16.6. The van der Waals surface area contributed by atoms with Crippen molar-refractivity contribution in [1.82, 2.24) is 0 Å². The molecule has 0 aliphatic heterocycles. The molecule has 0 heterocycles. The summed E-state index contributed by atoms with van der Waals surface area (Å²) in [6.07, 6.45) is 2.89. The maximum Gasteiger partial charge on any atom is 0.231 e. The van der Waals surface area contributed by atoms with Crippen LogP contribution in [-0.2, 0) is 5.11 Å². The van der Waals surface area contributed by atoms with E-state index in [1.165, 1.54) is 0 Å². The lowest BCUT2D eigenvalue weighted by atomic mass is 10.2. The van der Waals surface area contributed by atoms with Crippen LogP contribution in [0.5, 0.6) is 5.75 Å². The number of para-hydroxylation sites is 1. The number of unbranched alkanes of at least 4 members (excludes halogenated alkanes) is 2. The van der Waals surface area contributed by atoms with E-state index >= 15 is 0 Å². The standard InChI is InChI=1S/C12H17O2/c1-2-3-5-10-12(13)14-11-8-6-4-7-9-11/h4,6-9,12H,2-3,5,10H2,1H3. The summed E-state index contributed by atoms with van der Waals surface area (Å²) in [6.45, 7) is 2.12. The predicted octanol–water partition coefficient (Wildman–Crippen LogP) is 3.40. The first kappa shape index (κ1) is 11.1. The Hall–Kier alpha value is -1.02. The molecule has 0 amide bonds. The van der Waals surface area contributed by atoms with Gasteiger partial charge in [0.1, 0.15) is 5.75 Å². The minimum Gasteiger partial charge on any atom is -0.462 e. The molecule has 0 fully saturated rings. The van der Waals surface area contributed by atoms with Crippen molar-refractivity contribution in [3.8, 4) is 5.75 Å². The Kier molecular flexibility index (Phi) is 5.08. The SMILES string of the molecule is CCCCCC([O])Oc1ccccc1. The third-order valence-electron chi connectivity index (χ3n) is 2.05. The van der Waals surface area contributed by atoms with E-state index in [4.69, 9.17) is 4.74 Å². The number of ether oxygens (including phenoxy) is 1. The molecule has 1 aromatic rings. The summed E-state index contributed by atoms with van der Waals surface area (Å²) in [4.78, 5) is 0. The number of hydrogen-bond donors (Lipinski definition) is 0. The highest BCUT2D eigenvalue weighted by Crippen LogP contribution is 2.13. The molecule has 1 atom stereocenters. The summed E-state index contributed by atoms with van der Waals surface area (Å²) in [5.74, 6) is 0.670. The summed E-state index contributed by atoms with van der Waals surface area (Å²) in [7, 11) is 0. The predicted molar refractivity (Wildman–Crippen MR) is 55.7 cm³/mol. The molecule has 0 aliphatic carbocycles. The maximum absolute atomic E-state index is 11.3. The largest absolute Gasteiger partial charge is 0.462 e. The van der Waals surface area contributed by atoms with Gasteiger partial charge >= 0.3 is 0 Å². The lowest BCUT2D eigenvalue weighted by Gasteiger charge is -2.10. The highest BCUT2D eigenvalue weighted by molar-refractivity contribution is 5.20. The fraction of sp³-hybridized carbons (Fsp3) is 0.500. The first-order valence-electron chi connectivity index (χ1n) is 5.20. The van der Waals surface area contributed by atoms with E-state index < -0.39 is 6.29 Å². The van der Waals surface area contributed by atoms with E-state index in [-0.39, 0.29) is 0 Å². The Bertz CT molecular complexity index is 233. The van der Waals surface area contributed by atoms with Crippen molar-refractivity contribution < 1.29 is 9.84 Å². The van der Waals surface area contributed by atoms with E-state index in [1.54, 1.807) is 0 Å². The lowest BCUT2D eigenvalue weighted by Crippen LogP contribution is -2.13. The minimum atomic E-state index is -0.913. The number of rotatable bonds is 6. The second-order valence-corrected chi connectivity index (χ2v) is 3.36. The van der Waals surface area contributed by atoms with Gasteiger partial charge in [-0.05, 0) is 18.6 Å². The normalized spacial score (nSPS) is 12.4. The average molecular weight is 193 g/mol. The molecule has 2 nitrogen and oxygen atoms in total. The topological polar surface area (TPSA) is 29.1 Å². The smallest absolute Gasteiger partial charge is 0.231 e. The maximum atomic E-state index is 11.3. The van der Waals surface area contributed by atoms with Gasteiger partial charge < -0.3 is 4.74 Å². The zero-order valence-corrected chi connectivity index (χ0v) is 8.61. The number of hydrogen-bond acceptors (Lipinski definition) is 1. The van der Waals surface area contributed by atoms with E-state index in [0.717, 1.165) is 19.3 Å². The monoisotopic (exact) mass is 193 g/mol. The summed E-state index contributed by atoms with van der Waals surface area (Å²) < 4.78 is 5.21. The van der Waals surface area contributed by atoms with Gasteiger partial charge in [-0.25, -0.2) is 0 Å². The van der Waals surface area contributed by atoms with Crippen LogP contribution in [0.15, 0.2) is 30.3 Å². The zero-order valence-electron chi connectivity index (χ0n) is 8.61. The molecular formula is C12H17O2. The fourth-order valence-electron chi connectivity index (χ4n) is 1.27. The second kappa shape index (κ2) is 6.44. The molecular weight excluding hydrogens is 176 g/mol. The van der Waals surface area contributed by atoms with Crippen LogP contribution in [0, 0.1) is 0 Å². The Balaban J connectivity index is 2.23. The van der Waals surface area contributed by atoms with Gasteiger partial charge in [0, 0.05) is 6.42 Å². The quantitative estimate of drug-likeness (QED) is 0.503. The van der Waals surface area contributed by atoms with Crippen LogP contribution in [0.3, 0.4) is 0 Å². The van der Waals surface area contributed by atoms with Gasteiger partial charge in [-0.2, -0.15) is 5.11 Å². The van der Waals surface area contributed by atoms with Crippen molar-refractivity contribution in [2.45, 2.75) is 38.9 Å². The van der Waals surface area contributed by atoms with Gasteiger partial charge in [-0.1, -0.05) is 38.0 Å². The molecule has 1 rings (SSSR count). The third-order valence-corrected chi connectivity index (χ3v) is 2.05. The highest BCUT2D eigenvalue weighted by Gasteiger charge is 2.06. The molecule has 77 valence electrons. The Morgan fingerprint density at radius 1 is 1.21 bits per heavy atom. The van der Waals surface area contributed by atoms with Crippen LogP contribution in [0.1, 0.15) is 32.6 Å². The zero-order chi connectivity index (χ0) is 10.2. The van der Waals surface area contributed by atoms with Crippen LogP contribution < -0.4 is 4.74 Å². The first-order chi connectivity index (χ1) is 6.83. The average Bonchev–Trinajstić information content (AvgIpc) is 2.20. The van der Waals surface area contributed by atoms with Gasteiger partial charge in [-0.3, -0.25) is 0 Å². The molecule has 1 unspecified atom stereocenters. The Labute approximate surface area is 85.5 Å². The molecule has 14 heavy (non-hydrogen) atoms. The Morgan fingerprint density at radius 3 is 2.57 bits per heavy atom. The van der Waals surface area contributed by atoms with Gasteiger partial charge in [0.2, 0.25) is 6.29 Å². The van der Waals surface area contributed by atoms with Crippen LogP contribution in [0.2, 0.25) is 0 Å².